The molecule has 0 saturated heterocycles. The van der Waals surface area contributed by atoms with Crippen molar-refractivity contribution in [1.82, 2.24) is 0 Å². The van der Waals surface area contributed by atoms with Crippen LogP contribution in [0.2, 0.25) is 0 Å². The number of methoxy groups -OCH3 is 1. The number of hydrogen-bond acceptors (Lipinski definition) is 2. The second-order valence-electron chi connectivity index (χ2n) is 4.57. The third-order valence-electron chi connectivity index (χ3n) is 2.96. The highest BCUT2D eigenvalue weighted by molar-refractivity contribution is 5.68. The minimum atomic E-state index is 0.489. The molecule has 0 heterocycles. The molecule has 2 aromatic carbocycles. The summed E-state index contributed by atoms with van der Waals surface area (Å²) in [5.41, 5.74) is 3.44. The van der Waals surface area contributed by atoms with Crippen LogP contribution in [-0.2, 0) is 0 Å². The summed E-state index contributed by atoms with van der Waals surface area (Å²) in [6, 6.07) is 16.3. The molecule has 0 amide bonds. The summed E-state index contributed by atoms with van der Waals surface area (Å²) in [7, 11) is 1.69. The molecule has 0 unspecified atom stereocenters. The molecule has 0 aliphatic rings. The maximum Gasteiger partial charge on any atom is 0.142 e. The Labute approximate surface area is 109 Å². The average molecular weight is 241 g/mol. The predicted molar refractivity (Wildman–Crippen MR) is 76.8 cm³/mol. The summed E-state index contributed by atoms with van der Waals surface area (Å²) in [6.45, 7) is 4.39. The lowest BCUT2D eigenvalue weighted by atomic mass is 10.0. The average Bonchev–Trinajstić information content (AvgIpc) is 2.40. The van der Waals surface area contributed by atoms with Crippen LogP contribution in [0.1, 0.15) is 25.3 Å². The largest absolute Gasteiger partial charge is 0.495 e. The Balaban J connectivity index is 2.34. The molecule has 0 bridgehead atoms. The molecule has 0 fully saturated rings. The molecule has 0 saturated carbocycles. The van der Waals surface area contributed by atoms with Gasteiger partial charge in [0.15, 0.2) is 0 Å². The van der Waals surface area contributed by atoms with Crippen LogP contribution in [0.5, 0.6) is 5.75 Å². The normalized spacial score (nSPS) is 10.4. The molecule has 0 radical (unpaired) electrons. The number of anilines is 2. The van der Waals surface area contributed by atoms with Crippen molar-refractivity contribution in [3.05, 3.63) is 54.1 Å². The van der Waals surface area contributed by atoms with Gasteiger partial charge in [0.05, 0.1) is 12.8 Å². The van der Waals surface area contributed by atoms with Gasteiger partial charge in [-0.1, -0.05) is 44.2 Å². The van der Waals surface area contributed by atoms with E-state index in [1.54, 1.807) is 7.11 Å². The number of nitrogens with one attached hydrogen (secondary N) is 1. The molecule has 2 nitrogen and oxygen atoms in total. The second-order valence-corrected chi connectivity index (χ2v) is 4.57. The van der Waals surface area contributed by atoms with E-state index in [9.17, 15) is 0 Å². The molecule has 2 aromatic rings. The van der Waals surface area contributed by atoms with Gasteiger partial charge in [0.2, 0.25) is 0 Å². The lowest BCUT2D eigenvalue weighted by Gasteiger charge is -2.16. The molecule has 2 rings (SSSR count). The minimum Gasteiger partial charge on any atom is -0.495 e. The maximum absolute atomic E-state index is 5.36. The van der Waals surface area contributed by atoms with E-state index in [0.29, 0.717) is 5.92 Å². The van der Waals surface area contributed by atoms with E-state index in [2.05, 4.69) is 37.4 Å². The zero-order valence-corrected chi connectivity index (χ0v) is 11.1. The zero-order valence-electron chi connectivity index (χ0n) is 11.1. The van der Waals surface area contributed by atoms with Gasteiger partial charge in [-0.05, 0) is 29.7 Å². The molecule has 18 heavy (non-hydrogen) atoms. The third kappa shape index (κ3) is 2.65. The van der Waals surface area contributed by atoms with Gasteiger partial charge < -0.3 is 10.1 Å². The predicted octanol–water partition coefficient (Wildman–Crippen LogP) is 4.56. The van der Waals surface area contributed by atoms with Gasteiger partial charge in [-0.25, -0.2) is 0 Å². The van der Waals surface area contributed by atoms with Crippen molar-refractivity contribution in [2.24, 2.45) is 0 Å². The highest BCUT2D eigenvalue weighted by Crippen LogP contribution is 2.31. The van der Waals surface area contributed by atoms with E-state index in [-0.39, 0.29) is 0 Å². The first-order valence-corrected chi connectivity index (χ1v) is 6.21. The molecule has 0 atom stereocenters. The standard InChI is InChI=1S/C16H19NO/c1-12(2)13-8-4-5-9-14(13)17-15-10-6-7-11-16(15)18-3/h4-12,17H,1-3H3. The smallest absolute Gasteiger partial charge is 0.142 e. The highest BCUT2D eigenvalue weighted by atomic mass is 16.5. The zero-order chi connectivity index (χ0) is 13.0. The summed E-state index contributed by atoms with van der Waals surface area (Å²) in [5.74, 6) is 1.35. The molecular formula is C16H19NO. The first-order chi connectivity index (χ1) is 8.72. The van der Waals surface area contributed by atoms with Gasteiger partial charge in [-0.3, -0.25) is 0 Å². The lowest BCUT2D eigenvalue weighted by Crippen LogP contribution is -1.99. The SMILES string of the molecule is COc1ccccc1Nc1ccccc1C(C)C. The summed E-state index contributed by atoms with van der Waals surface area (Å²) >= 11 is 0. The summed E-state index contributed by atoms with van der Waals surface area (Å²) < 4.78 is 5.36. The molecule has 94 valence electrons. The van der Waals surface area contributed by atoms with Crippen LogP contribution < -0.4 is 10.1 Å². The molecule has 0 aliphatic carbocycles. The van der Waals surface area contributed by atoms with Gasteiger partial charge in [-0.2, -0.15) is 0 Å². The first kappa shape index (κ1) is 12.5. The van der Waals surface area contributed by atoms with Gasteiger partial charge >= 0.3 is 0 Å². The van der Waals surface area contributed by atoms with Crippen LogP contribution in [0.4, 0.5) is 11.4 Å². The number of benzene rings is 2. The molecule has 1 N–H and O–H groups in total. The van der Waals surface area contributed by atoms with Crippen molar-refractivity contribution in [3.8, 4) is 5.75 Å². The number of hydrogen-bond donors (Lipinski definition) is 1. The van der Waals surface area contributed by atoms with Crippen LogP contribution >= 0.6 is 0 Å². The first-order valence-electron chi connectivity index (χ1n) is 6.21. The quantitative estimate of drug-likeness (QED) is 0.847. The molecule has 2 heteroatoms. The Hall–Kier alpha value is -1.96. The van der Waals surface area contributed by atoms with Crippen LogP contribution in [0.25, 0.3) is 0 Å². The minimum absolute atomic E-state index is 0.489. The van der Waals surface area contributed by atoms with Gasteiger partial charge in [0.25, 0.3) is 0 Å². The topological polar surface area (TPSA) is 21.3 Å². The van der Waals surface area contributed by atoms with Crippen molar-refractivity contribution in [2.45, 2.75) is 19.8 Å². The van der Waals surface area contributed by atoms with Crippen LogP contribution in [0.3, 0.4) is 0 Å². The highest BCUT2D eigenvalue weighted by Gasteiger charge is 2.07. The second kappa shape index (κ2) is 5.58. The van der Waals surface area contributed by atoms with Crippen molar-refractivity contribution in [1.29, 1.82) is 0 Å². The van der Waals surface area contributed by atoms with E-state index in [0.717, 1.165) is 17.1 Å². The summed E-state index contributed by atoms with van der Waals surface area (Å²) in [6.07, 6.45) is 0. The van der Waals surface area contributed by atoms with Crippen LogP contribution in [0.15, 0.2) is 48.5 Å². The number of rotatable bonds is 4. The van der Waals surface area contributed by atoms with Crippen molar-refractivity contribution >= 4 is 11.4 Å². The third-order valence-corrected chi connectivity index (χ3v) is 2.96. The van der Waals surface area contributed by atoms with E-state index in [1.165, 1.54) is 5.56 Å². The fourth-order valence-electron chi connectivity index (χ4n) is 2.01. The van der Waals surface area contributed by atoms with E-state index in [1.807, 2.05) is 30.3 Å². The van der Waals surface area contributed by atoms with Crippen molar-refractivity contribution < 1.29 is 4.74 Å². The Kier molecular flexibility index (Phi) is 3.88. The molecule has 0 aromatic heterocycles. The molecule has 0 aliphatic heterocycles. The Bertz CT molecular complexity index is 520. The fraction of sp³-hybridized carbons (Fsp3) is 0.250. The Morgan fingerprint density at radius 2 is 1.50 bits per heavy atom. The summed E-state index contributed by atoms with van der Waals surface area (Å²) in [5, 5.41) is 3.45. The van der Waals surface area contributed by atoms with E-state index >= 15 is 0 Å². The lowest BCUT2D eigenvalue weighted by molar-refractivity contribution is 0.417. The van der Waals surface area contributed by atoms with Gasteiger partial charge in [0.1, 0.15) is 5.75 Å². The fourth-order valence-corrected chi connectivity index (χ4v) is 2.01. The maximum atomic E-state index is 5.36. The van der Waals surface area contributed by atoms with Gasteiger partial charge in [0, 0.05) is 5.69 Å². The monoisotopic (exact) mass is 241 g/mol. The van der Waals surface area contributed by atoms with Crippen molar-refractivity contribution in [3.63, 3.8) is 0 Å². The van der Waals surface area contributed by atoms with Crippen LogP contribution in [0, 0.1) is 0 Å². The Morgan fingerprint density at radius 1 is 0.889 bits per heavy atom. The van der Waals surface area contributed by atoms with Crippen LogP contribution in [-0.4, -0.2) is 7.11 Å². The van der Waals surface area contributed by atoms with E-state index in [4.69, 9.17) is 4.74 Å². The number of para-hydroxylation sites is 3. The number of ether oxygens (including phenoxy) is 1. The van der Waals surface area contributed by atoms with Gasteiger partial charge in [-0.15, -0.1) is 0 Å². The van der Waals surface area contributed by atoms with E-state index < -0.39 is 0 Å². The molecular weight excluding hydrogens is 222 g/mol. The summed E-state index contributed by atoms with van der Waals surface area (Å²) in [4.78, 5) is 0. The van der Waals surface area contributed by atoms with Crippen molar-refractivity contribution in [2.75, 3.05) is 12.4 Å². The Morgan fingerprint density at radius 3 is 2.17 bits per heavy atom. The molecule has 0 spiro atoms.